The molecule has 1 aromatic carbocycles. The Labute approximate surface area is 108 Å². The average Bonchev–Trinajstić information content (AvgIpc) is 2.35. The van der Waals surface area contributed by atoms with Gasteiger partial charge in [0.1, 0.15) is 6.61 Å². The summed E-state index contributed by atoms with van der Waals surface area (Å²) in [4.78, 5) is 9.81. The third kappa shape index (κ3) is 2.59. The number of hydrogen-bond acceptors (Lipinski definition) is 7. The number of hydrogen-bond donors (Lipinski definition) is 3. The maximum atomic E-state index is 11.3. The van der Waals surface area contributed by atoms with Gasteiger partial charge in [-0.3, -0.25) is 10.1 Å². The molecule has 0 radical (unpaired) electrons. The molecule has 1 aliphatic rings. The number of nitro benzene ring substituents is 1. The number of nitro groups is 1. The number of anilines is 1. The standard InChI is InChI=1S/C9H11N3O6S/c10-19(16,17)6-1-7(12(14)15)9-8(2-6)18-4-5(3-13)11-9/h1-2,5,11,13H,3-4H2,(H2,10,16,17)/t5-/m0/s1. The van der Waals surface area contributed by atoms with Crippen molar-refractivity contribution in [3.63, 3.8) is 0 Å². The second kappa shape index (κ2) is 4.64. The molecule has 0 saturated carbocycles. The minimum atomic E-state index is -4.07. The van der Waals surface area contributed by atoms with Crippen LogP contribution in [0.5, 0.6) is 5.75 Å². The monoisotopic (exact) mass is 289 g/mol. The Bertz CT molecular complexity index is 629. The molecule has 2 rings (SSSR count). The Morgan fingerprint density at radius 1 is 1.58 bits per heavy atom. The van der Waals surface area contributed by atoms with Crippen molar-refractivity contribution in [1.82, 2.24) is 0 Å². The van der Waals surface area contributed by atoms with Crippen molar-refractivity contribution < 1.29 is 23.2 Å². The van der Waals surface area contributed by atoms with Crippen LogP contribution >= 0.6 is 0 Å². The van der Waals surface area contributed by atoms with Crippen molar-refractivity contribution in [2.45, 2.75) is 10.9 Å². The zero-order chi connectivity index (χ0) is 14.2. The minimum Gasteiger partial charge on any atom is -0.489 e. The quantitative estimate of drug-likeness (QED) is 0.498. The number of aliphatic hydroxyl groups is 1. The Hall–Kier alpha value is -1.91. The third-order valence-electron chi connectivity index (χ3n) is 2.59. The van der Waals surface area contributed by atoms with Gasteiger partial charge in [-0.25, -0.2) is 13.6 Å². The molecule has 19 heavy (non-hydrogen) atoms. The highest BCUT2D eigenvalue weighted by atomic mass is 32.2. The molecule has 0 saturated heterocycles. The number of nitrogens with two attached hydrogens (primary N) is 1. The summed E-state index contributed by atoms with van der Waals surface area (Å²) in [5.41, 5.74) is -0.442. The summed E-state index contributed by atoms with van der Waals surface area (Å²) in [7, 11) is -4.07. The van der Waals surface area contributed by atoms with Crippen molar-refractivity contribution >= 4 is 21.4 Å². The van der Waals surface area contributed by atoms with Gasteiger partial charge in [0.05, 0.1) is 22.5 Å². The van der Waals surface area contributed by atoms with Crippen molar-refractivity contribution in [2.75, 3.05) is 18.5 Å². The largest absolute Gasteiger partial charge is 0.489 e. The van der Waals surface area contributed by atoms with E-state index in [0.29, 0.717) is 0 Å². The summed E-state index contributed by atoms with van der Waals surface area (Å²) in [6.07, 6.45) is 0. The molecule has 4 N–H and O–H groups in total. The molecule has 0 aromatic heterocycles. The fraction of sp³-hybridized carbons (Fsp3) is 0.333. The lowest BCUT2D eigenvalue weighted by molar-refractivity contribution is -0.384. The van der Waals surface area contributed by atoms with Gasteiger partial charge in [0.2, 0.25) is 10.0 Å². The van der Waals surface area contributed by atoms with E-state index in [1.807, 2.05) is 0 Å². The number of aliphatic hydroxyl groups excluding tert-OH is 1. The Kier molecular flexibility index (Phi) is 3.30. The fourth-order valence-electron chi connectivity index (χ4n) is 1.68. The highest BCUT2D eigenvalue weighted by Gasteiger charge is 2.29. The molecule has 1 aliphatic heterocycles. The molecule has 1 atom stereocenters. The molecule has 0 spiro atoms. The van der Waals surface area contributed by atoms with Gasteiger partial charge < -0.3 is 15.2 Å². The molecule has 0 bridgehead atoms. The van der Waals surface area contributed by atoms with E-state index in [1.54, 1.807) is 0 Å². The Morgan fingerprint density at radius 3 is 2.79 bits per heavy atom. The van der Waals surface area contributed by atoms with Crippen LogP contribution in [0.25, 0.3) is 0 Å². The zero-order valence-electron chi connectivity index (χ0n) is 9.57. The van der Waals surface area contributed by atoms with Crippen LogP contribution in [0, 0.1) is 10.1 Å². The summed E-state index contributed by atoms with van der Waals surface area (Å²) < 4.78 is 27.7. The molecular weight excluding hydrogens is 278 g/mol. The van der Waals surface area contributed by atoms with Crippen LogP contribution in [-0.2, 0) is 10.0 Å². The maximum absolute atomic E-state index is 11.3. The number of primary sulfonamides is 1. The van der Waals surface area contributed by atoms with Crippen LogP contribution in [0.2, 0.25) is 0 Å². The van der Waals surface area contributed by atoms with Crippen molar-refractivity contribution in [3.8, 4) is 5.75 Å². The van der Waals surface area contributed by atoms with Crippen LogP contribution in [0.3, 0.4) is 0 Å². The summed E-state index contributed by atoms with van der Waals surface area (Å²) >= 11 is 0. The van der Waals surface area contributed by atoms with Gasteiger partial charge in [-0.2, -0.15) is 0 Å². The minimum absolute atomic E-state index is 0.0166. The number of sulfonamides is 1. The highest BCUT2D eigenvalue weighted by molar-refractivity contribution is 7.89. The van der Waals surface area contributed by atoms with Gasteiger partial charge in [0.15, 0.2) is 11.4 Å². The van der Waals surface area contributed by atoms with E-state index < -0.39 is 31.6 Å². The van der Waals surface area contributed by atoms with Crippen LogP contribution in [0.1, 0.15) is 0 Å². The van der Waals surface area contributed by atoms with Crippen LogP contribution < -0.4 is 15.2 Å². The van der Waals surface area contributed by atoms with E-state index >= 15 is 0 Å². The second-order valence-electron chi connectivity index (χ2n) is 3.95. The lowest BCUT2D eigenvalue weighted by Crippen LogP contribution is -2.35. The van der Waals surface area contributed by atoms with E-state index in [-0.39, 0.29) is 24.7 Å². The molecule has 10 heteroatoms. The van der Waals surface area contributed by atoms with Crippen LogP contribution in [0.4, 0.5) is 11.4 Å². The van der Waals surface area contributed by atoms with E-state index in [1.165, 1.54) is 0 Å². The fourth-order valence-corrected chi connectivity index (χ4v) is 2.23. The van der Waals surface area contributed by atoms with Gasteiger partial charge in [0.25, 0.3) is 5.69 Å². The van der Waals surface area contributed by atoms with Gasteiger partial charge >= 0.3 is 0 Å². The van der Waals surface area contributed by atoms with Crippen LogP contribution in [0.15, 0.2) is 17.0 Å². The molecule has 0 amide bonds. The summed E-state index contributed by atoms with van der Waals surface area (Å²) in [6.45, 7) is -0.206. The molecule has 9 nitrogen and oxygen atoms in total. The molecule has 0 unspecified atom stereocenters. The van der Waals surface area contributed by atoms with E-state index in [4.69, 9.17) is 15.0 Å². The van der Waals surface area contributed by atoms with Crippen molar-refractivity contribution in [2.24, 2.45) is 5.14 Å². The number of benzene rings is 1. The number of nitrogens with zero attached hydrogens (tertiary/aromatic N) is 1. The number of rotatable bonds is 3. The molecule has 0 aliphatic carbocycles. The lowest BCUT2D eigenvalue weighted by Gasteiger charge is -2.26. The summed E-state index contributed by atoms with van der Waals surface area (Å²) in [5, 5.41) is 27.6. The Morgan fingerprint density at radius 2 is 2.26 bits per heavy atom. The zero-order valence-corrected chi connectivity index (χ0v) is 10.4. The first kappa shape index (κ1) is 13.5. The van der Waals surface area contributed by atoms with E-state index in [9.17, 15) is 18.5 Å². The number of nitrogens with one attached hydrogen (secondary N) is 1. The van der Waals surface area contributed by atoms with Crippen molar-refractivity contribution in [3.05, 3.63) is 22.2 Å². The second-order valence-corrected chi connectivity index (χ2v) is 5.51. The first-order valence-corrected chi connectivity index (χ1v) is 6.73. The van der Waals surface area contributed by atoms with Crippen molar-refractivity contribution in [1.29, 1.82) is 0 Å². The predicted molar refractivity (Wildman–Crippen MR) is 64.5 cm³/mol. The van der Waals surface area contributed by atoms with E-state index in [2.05, 4.69) is 5.32 Å². The topological polar surface area (TPSA) is 145 Å². The van der Waals surface area contributed by atoms with Gasteiger partial charge in [0, 0.05) is 12.1 Å². The number of ether oxygens (including phenoxy) is 1. The molecule has 104 valence electrons. The van der Waals surface area contributed by atoms with Crippen LogP contribution in [-0.4, -0.2) is 37.7 Å². The third-order valence-corrected chi connectivity index (χ3v) is 3.48. The van der Waals surface area contributed by atoms with Gasteiger partial charge in [-0.15, -0.1) is 0 Å². The van der Waals surface area contributed by atoms with E-state index in [0.717, 1.165) is 12.1 Å². The SMILES string of the molecule is NS(=O)(=O)c1cc2c(c([N+](=O)[O-])c1)N[C@@H](CO)CO2. The van der Waals surface area contributed by atoms with Gasteiger partial charge in [-0.1, -0.05) is 0 Å². The predicted octanol–water partition coefficient (Wildman–Crippen LogP) is -0.593. The maximum Gasteiger partial charge on any atom is 0.297 e. The normalized spacial score (nSPS) is 18.1. The Balaban J connectivity index is 2.60. The molecule has 0 fully saturated rings. The molecular formula is C9H11N3O6S. The smallest absolute Gasteiger partial charge is 0.297 e. The number of fused-ring (bicyclic) bond motifs is 1. The first-order chi connectivity index (χ1) is 8.82. The molecule has 1 heterocycles. The highest BCUT2D eigenvalue weighted by Crippen LogP contribution is 2.39. The molecule has 1 aromatic rings. The first-order valence-electron chi connectivity index (χ1n) is 5.18. The summed E-state index contributed by atoms with van der Waals surface area (Å²) in [6, 6.07) is 1.47. The van der Waals surface area contributed by atoms with Gasteiger partial charge in [-0.05, 0) is 0 Å². The average molecular weight is 289 g/mol. The lowest BCUT2D eigenvalue weighted by atomic mass is 10.2. The summed E-state index contributed by atoms with van der Waals surface area (Å²) in [5.74, 6) is 0.0166.